The van der Waals surface area contributed by atoms with E-state index in [-0.39, 0.29) is 30.0 Å². The minimum Gasteiger partial charge on any atom is -0.435 e. The van der Waals surface area contributed by atoms with Gasteiger partial charge in [-0.1, -0.05) is 30.3 Å². The molecule has 4 aromatic rings. The summed E-state index contributed by atoms with van der Waals surface area (Å²) in [6, 6.07) is 14.1. The van der Waals surface area contributed by atoms with E-state index in [1.165, 1.54) is 23.5 Å². The van der Waals surface area contributed by atoms with Gasteiger partial charge in [-0.2, -0.15) is 8.78 Å². The van der Waals surface area contributed by atoms with Crippen LogP contribution in [0.25, 0.3) is 10.9 Å². The Bertz CT molecular complexity index is 1380. The van der Waals surface area contributed by atoms with Crippen LogP contribution in [0, 0.1) is 0 Å². The number of ether oxygens (including phenoxy) is 1. The highest BCUT2D eigenvalue weighted by molar-refractivity contribution is 7.09. The van der Waals surface area contributed by atoms with Gasteiger partial charge in [0.05, 0.1) is 11.4 Å². The van der Waals surface area contributed by atoms with Crippen LogP contribution in [0.1, 0.15) is 45.4 Å². The van der Waals surface area contributed by atoms with E-state index in [0.717, 1.165) is 39.9 Å². The summed E-state index contributed by atoms with van der Waals surface area (Å²) >= 11 is 1.46. The zero-order valence-corrected chi connectivity index (χ0v) is 20.8. The molecule has 2 aromatic heterocycles. The summed E-state index contributed by atoms with van der Waals surface area (Å²) in [5.41, 5.74) is 3.16. The number of hydrogen-bond acceptors (Lipinski definition) is 5. The Hall–Kier alpha value is -3.79. The quantitative estimate of drug-likeness (QED) is 0.336. The minimum absolute atomic E-state index is 0.0694. The monoisotopic (exact) mass is 524 g/mol. The number of aromatic nitrogens is 2. The SMILES string of the molecule is O=C(NCc1ccc(OC(F)F)cc1)c1csc(C2CCN(C(=O)Cc3c[nH]c4ccccc34)CC2)n1. The van der Waals surface area contributed by atoms with Crippen LogP contribution in [-0.4, -0.2) is 46.4 Å². The molecule has 1 aliphatic heterocycles. The van der Waals surface area contributed by atoms with Gasteiger partial charge >= 0.3 is 6.61 Å². The second kappa shape index (κ2) is 11.1. The predicted molar refractivity (Wildman–Crippen MR) is 137 cm³/mol. The molecule has 1 aliphatic rings. The highest BCUT2D eigenvalue weighted by atomic mass is 32.1. The Morgan fingerprint density at radius 1 is 1.14 bits per heavy atom. The van der Waals surface area contributed by atoms with Crippen molar-refractivity contribution in [2.45, 2.75) is 38.3 Å². The van der Waals surface area contributed by atoms with Crippen molar-refractivity contribution in [1.29, 1.82) is 0 Å². The van der Waals surface area contributed by atoms with Gasteiger partial charge in [-0.05, 0) is 42.2 Å². The largest absolute Gasteiger partial charge is 0.435 e. The molecule has 2 amide bonds. The smallest absolute Gasteiger partial charge is 0.387 e. The van der Waals surface area contributed by atoms with Crippen LogP contribution in [0.15, 0.2) is 60.1 Å². The molecular weight excluding hydrogens is 498 g/mol. The molecule has 0 bridgehead atoms. The molecule has 10 heteroatoms. The van der Waals surface area contributed by atoms with Crippen molar-refractivity contribution in [1.82, 2.24) is 20.2 Å². The number of amides is 2. The fourth-order valence-corrected chi connectivity index (χ4v) is 5.54. The molecule has 1 saturated heterocycles. The number of halogens is 2. The summed E-state index contributed by atoms with van der Waals surface area (Å²) < 4.78 is 28.9. The molecule has 2 N–H and O–H groups in total. The number of likely N-dealkylation sites (tertiary alicyclic amines) is 1. The second-order valence-electron chi connectivity index (χ2n) is 8.97. The van der Waals surface area contributed by atoms with Crippen LogP contribution in [0.4, 0.5) is 8.78 Å². The molecular formula is C27H26F2N4O3S. The Morgan fingerprint density at radius 3 is 2.65 bits per heavy atom. The average Bonchev–Trinajstić information content (AvgIpc) is 3.56. The fraction of sp³-hybridized carbons (Fsp3) is 0.296. The molecule has 0 unspecified atom stereocenters. The number of thiazole rings is 1. The lowest BCUT2D eigenvalue weighted by Gasteiger charge is -2.31. The van der Waals surface area contributed by atoms with Crippen molar-refractivity contribution >= 4 is 34.1 Å². The van der Waals surface area contributed by atoms with Crippen molar-refractivity contribution in [3.63, 3.8) is 0 Å². The molecule has 0 atom stereocenters. The summed E-state index contributed by atoms with van der Waals surface area (Å²) in [5, 5.41) is 6.54. The molecule has 3 heterocycles. The fourth-order valence-electron chi connectivity index (χ4n) is 4.57. The summed E-state index contributed by atoms with van der Waals surface area (Å²) in [4.78, 5) is 35.2. The van der Waals surface area contributed by atoms with Crippen LogP contribution in [-0.2, 0) is 17.8 Å². The first-order valence-corrected chi connectivity index (χ1v) is 12.9. The lowest BCUT2D eigenvalue weighted by molar-refractivity contribution is -0.131. The number of rotatable bonds is 8. The number of fused-ring (bicyclic) bond motifs is 1. The summed E-state index contributed by atoms with van der Waals surface area (Å²) in [6.45, 7) is -1.30. The highest BCUT2D eigenvalue weighted by Crippen LogP contribution is 2.31. The summed E-state index contributed by atoms with van der Waals surface area (Å²) in [5.74, 6) is 0.115. The Morgan fingerprint density at radius 2 is 1.89 bits per heavy atom. The number of benzene rings is 2. The lowest BCUT2D eigenvalue weighted by Crippen LogP contribution is -2.38. The molecule has 192 valence electrons. The van der Waals surface area contributed by atoms with Gasteiger partial charge < -0.3 is 19.9 Å². The molecule has 0 spiro atoms. The zero-order valence-electron chi connectivity index (χ0n) is 20.0. The lowest BCUT2D eigenvalue weighted by atomic mass is 9.97. The van der Waals surface area contributed by atoms with E-state index in [9.17, 15) is 18.4 Å². The van der Waals surface area contributed by atoms with Crippen molar-refractivity contribution in [2.24, 2.45) is 0 Å². The van der Waals surface area contributed by atoms with E-state index in [1.807, 2.05) is 35.4 Å². The number of alkyl halides is 2. The number of aromatic amines is 1. The van der Waals surface area contributed by atoms with E-state index in [2.05, 4.69) is 20.0 Å². The van der Waals surface area contributed by atoms with Crippen LogP contribution in [0.5, 0.6) is 5.75 Å². The average molecular weight is 525 g/mol. The molecule has 0 radical (unpaired) electrons. The van der Waals surface area contributed by atoms with Gasteiger partial charge in [-0.3, -0.25) is 9.59 Å². The Kier molecular flexibility index (Phi) is 7.45. The number of H-pyrrole nitrogens is 1. The topological polar surface area (TPSA) is 87.3 Å². The van der Waals surface area contributed by atoms with E-state index in [0.29, 0.717) is 25.2 Å². The maximum Gasteiger partial charge on any atom is 0.387 e. The van der Waals surface area contributed by atoms with Crippen molar-refractivity contribution in [3.05, 3.63) is 81.9 Å². The van der Waals surface area contributed by atoms with Crippen LogP contribution in [0.2, 0.25) is 0 Å². The maximum absolute atomic E-state index is 12.9. The number of nitrogens with one attached hydrogen (secondary N) is 2. The third-order valence-corrected chi connectivity index (χ3v) is 7.58. The first kappa shape index (κ1) is 24.9. The number of hydrogen-bond donors (Lipinski definition) is 2. The first-order valence-electron chi connectivity index (χ1n) is 12.1. The number of carbonyl (C=O) groups is 2. The molecule has 5 rings (SSSR count). The standard InChI is InChI=1S/C27H26F2N4O3S/c28-27(29)36-20-7-5-17(6-8-20)14-31-25(35)23-16-37-26(32-23)18-9-11-33(12-10-18)24(34)13-19-15-30-22-4-2-1-3-21(19)22/h1-8,15-16,18,27,30H,9-14H2,(H,31,35). The van der Waals surface area contributed by atoms with Crippen molar-refractivity contribution in [2.75, 3.05) is 13.1 Å². The number of para-hydroxylation sites is 1. The third-order valence-electron chi connectivity index (χ3n) is 6.57. The highest BCUT2D eigenvalue weighted by Gasteiger charge is 2.26. The van der Waals surface area contributed by atoms with E-state index >= 15 is 0 Å². The second-order valence-corrected chi connectivity index (χ2v) is 9.86. The molecule has 0 aliphatic carbocycles. The van der Waals surface area contributed by atoms with Crippen LogP contribution >= 0.6 is 11.3 Å². The van der Waals surface area contributed by atoms with Crippen molar-refractivity contribution < 1.29 is 23.1 Å². The Balaban J connectivity index is 1.10. The molecule has 1 fully saturated rings. The minimum atomic E-state index is -2.87. The number of piperidine rings is 1. The number of nitrogens with zero attached hydrogens (tertiary/aromatic N) is 2. The van der Waals surface area contributed by atoms with Crippen LogP contribution in [0.3, 0.4) is 0 Å². The number of carbonyl (C=O) groups excluding carboxylic acids is 2. The van der Waals surface area contributed by atoms with Gasteiger partial charge in [0.15, 0.2) is 0 Å². The van der Waals surface area contributed by atoms with E-state index in [1.54, 1.807) is 17.5 Å². The first-order chi connectivity index (χ1) is 18.0. The molecule has 7 nitrogen and oxygen atoms in total. The van der Waals surface area contributed by atoms with Gasteiger partial charge in [0, 0.05) is 48.0 Å². The van der Waals surface area contributed by atoms with Crippen molar-refractivity contribution in [3.8, 4) is 5.75 Å². The third kappa shape index (κ3) is 5.96. The summed E-state index contributed by atoms with van der Waals surface area (Å²) in [7, 11) is 0. The summed E-state index contributed by atoms with van der Waals surface area (Å²) in [6.07, 6.45) is 3.90. The van der Waals surface area contributed by atoms with Gasteiger partial charge in [-0.15, -0.1) is 11.3 Å². The van der Waals surface area contributed by atoms with E-state index in [4.69, 9.17) is 0 Å². The van der Waals surface area contributed by atoms with Gasteiger partial charge in [-0.25, -0.2) is 4.98 Å². The normalized spacial score (nSPS) is 14.3. The molecule has 37 heavy (non-hydrogen) atoms. The maximum atomic E-state index is 12.9. The van der Waals surface area contributed by atoms with Gasteiger partial charge in [0.2, 0.25) is 5.91 Å². The zero-order chi connectivity index (χ0) is 25.8. The van der Waals surface area contributed by atoms with E-state index < -0.39 is 6.61 Å². The van der Waals surface area contributed by atoms with Gasteiger partial charge in [0.1, 0.15) is 11.4 Å². The Labute approximate surface area is 216 Å². The molecule has 0 saturated carbocycles. The van der Waals surface area contributed by atoms with Gasteiger partial charge in [0.25, 0.3) is 5.91 Å². The molecule has 2 aromatic carbocycles. The van der Waals surface area contributed by atoms with Crippen LogP contribution < -0.4 is 10.1 Å². The predicted octanol–water partition coefficient (Wildman–Crippen LogP) is 5.10.